The van der Waals surface area contributed by atoms with Gasteiger partial charge in [-0.25, -0.2) is 4.79 Å². The minimum atomic E-state index is -1.03. The van der Waals surface area contributed by atoms with Gasteiger partial charge < -0.3 is 15.2 Å². The second-order valence-corrected chi connectivity index (χ2v) is 6.60. The summed E-state index contributed by atoms with van der Waals surface area (Å²) in [5.41, 5.74) is 1.29. The van der Waals surface area contributed by atoms with Gasteiger partial charge in [0.15, 0.2) is 0 Å². The lowest BCUT2D eigenvalue weighted by Crippen LogP contribution is -2.45. The van der Waals surface area contributed by atoms with Crippen molar-refractivity contribution in [2.75, 3.05) is 7.11 Å². The molecule has 5 nitrogen and oxygen atoms in total. The van der Waals surface area contributed by atoms with Gasteiger partial charge in [0.25, 0.3) is 0 Å². The van der Waals surface area contributed by atoms with E-state index in [0.717, 1.165) is 11.3 Å². The number of nitrogens with one attached hydrogen (secondary N) is 1. The molecule has 0 unspecified atom stereocenters. The van der Waals surface area contributed by atoms with E-state index in [1.165, 1.54) is 6.07 Å². The van der Waals surface area contributed by atoms with Crippen molar-refractivity contribution in [1.82, 2.24) is 5.32 Å². The van der Waals surface area contributed by atoms with E-state index in [1.807, 2.05) is 38.1 Å². The molecule has 2 aromatic rings. The van der Waals surface area contributed by atoms with E-state index in [0.29, 0.717) is 12.0 Å². The Labute approximate surface area is 147 Å². The lowest BCUT2D eigenvalue weighted by atomic mass is 9.94. The van der Waals surface area contributed by atoms with Crippen molar-refractivity contribution in [3.63, 3.8) is 0 Å². The van der Waals surface area contributed by atoms with E-state index in [1.54, 1.807) is 25.3 Å². The van der Waals surface area contributed by atoms with E-state index in [9.17, 15) is 14.7 Å². The molecule has 0 spiro atoms. The van der Waals surface area contributed by atoms with Crippen molar-refractivity contribution in [3.8, 4) is 5.75 Å². The van der Waals surface area contributed by atoms with Gasteiger partial charge in [-0.05, 0) is 49.6 Å². The molecule has 0 aliphatic rings. The van der Waals surface area contributed by atoms with Gasteiger partial charge in [0.2, 0.25) is 5.91 Å². The molecule has 0 aliphatic carbocycles. The van der Waals surface area contributed by atoms with Crippen LogP contribution < -0.4 is 10.1 Å². The van der Waals surface area contributed by atoms with Gasteiger partial charge in [0.05, 0.1) is 19.1 Å². The number of benzene rings is 2. The zero-order valence-electron chi connectivity index (χ0n) is 14.7. The standard InChI is InChI=1S/C20H23NO4/c1-20(2,13-14-8-10-16(25-3)11-9-14)21-18(22)12-15-6-4-5-7-17(15)19(23)24/h4-11H,12-13H2,1-3H3,(H,21,22)(H,23,24). The normalized spacial score (nSPS) is 11.0. The molecule has 1 amide bonds. The molecule has 0 heterocycles. The molecule has 5 heteroatoms. The molecule has 2 N–H and O–H groups in total. The number of carbonyl (C=O) groups excluding carboxylic acids is 1. The highest BCUT2D eigenvalue weighted by atomic mass is 16.5. The van der Waals surface area contributed by atoms with Crippen LogP contribution in [0.3, 0.4) is 0 Å². The van der Waals surface area contributed by atoms with Gasteiger partial charge in [-0.1, -0.05) is 30.3 Å². The molecule has 0 bridgehead atoms. The fraction of sp³-hybridized carbons (Fsp3) is 0.300. The largest absolute Gasteiger partial charge is 0.497 e. The lowest BCUT2D eigenvalue weighted by Gasteiger charge is -2.27. The summed E-state index contributed by atoms with van der Waals surface area (Å²) in [6.45, 7) is 3.89. The SMILES string of the molecule is COc1ccc(CC(C)(C)NC(=O)Cc2ccccc2C(=O)O)cc1. The summed E-state index contributed by atoms with van der Waals surface area (Å²) in [7, 11) is 1.62. The van der Waals surface area contributed by atoms with Crippen molar-refractivity contribution >= 4 is 11.9 Å². The van der Waals surface area contributed by atoms with Gasteiger partial charge in [-0.3, -0.25) is 4.79 Å². The Hall–Kier alpha value is -2.82. The van der Waals surface area contributed by atoms with Crippen molar-refractivity contribution in [2.45, 2.75) is 32.2 Å². The van der Waals surface area contributed by atoms with Gasteiger partial charge in [0.1, 0.15) is 5.75 Å². The number of methoxy groups -OCH3 is 1. The summed E-state index contributed by atoms with van der Waals surface area (Å²) in [5, 5.41) is 12.2. The van der Waals surface area contributed by atoms with E-state index < -0.39 is 11.5 Å². The zero-order chi connectivity index (χ0) is 18.4. The Bertz CT molecular complexity index is 751. The first-order chi connectivity index (χ1) is 11.8. The Morgan fingerprint density at radius 1 is 1.08 bits per heavy atom. The number of aromatic carboxylic acids is 1. The molecule has 0 fully saturated rings. The molecule has 25 heavy (non-hydrogen) atoms. The monoisotopic (exact) mass is 341 g/mol. The average Bonchev–Trinajstić information content (AvgIpc) is 2.54. The molecule has 2 aromatic carbocycles. The third kappa shape index (κ3) is 5.35. The number of amides is 1. The summed E-state index contributed by atoms with van der Waals surface area (Å²) in [4.78, 5) is 23.6. The van der Waals surface area contributed by atoms with Crippen LogP contribution in [0.2, 0.25) is 0 Å². The number of hydrogen-bond donors (Lipinski definition) is 2. The highest BCUT2D eigenvalue weighted by molar-refractivity contribution is 5.91. The van der Waals surface area contributed by atoms with Crippen molar-refractivity contribution in [3.05, 3.63) is 65.2 Å². The van der Waals surface area contributed by atoms with Gasteiger partial charge in [-0.2, -0.15) is 0 Å². The average molecular weight is 341 g/mol. The van der Waals surface area contributed by atoms with Crippen molar-refractivity contribution < 1.29 is 19.4 Å². The predicted octanol–water partition coefficient (Wildman–Crippen LogP) is 3.07. The fourth-order valence-electron chi connectivity index (χ4n) is 2.78. The predicted molar refractivity (Wildman–Crippen MR) is 96.0 cm³/mol. The molecule has 0 aliphatic heterocycles. The minimum absolute atomic E-state index is 0.0362. The number of rotatable bonds is 7. The molecule has 0 saturated heterocycles. The van der Waals surface area contributed by atoms with Gasteiger partial charge in [-0.15, -0.1) is 0 Å². The quantitative estimate of drug-likeness (QED) is 0.811. The number of hydrogen-bond acceptors (Lipinski definition) is 3. The fourth-order valence-corrected chi connectivity index (χ4v) is 2.78. The van der Waals surface area contributed by atoms with Crippen molar-refractivity contribution in [2.24, 2.45) is 0 Å². The van der Waals surface area contributed by atoms with Crippen LogP contribution in [0.4, 0.5) is 0 Å². The van der Waals surface area contributed by atoms with E-state index in [4.69, 9.17) is 4.74 Å². The van der Waals surface area contributed by atoms with E-state index in [-0.39, 0.29) is 17.9 Å². The topological polar surface area (TPSA) is 75.6 Å². The van der Waals surface area contributed by atoms with E-state index >= 15 is 0 Å². The Morgan fingerprint density at radius 3 is 2.32 bits per heavy atom. The van der Waals surface area contributed by atoms with Crippen molar-refractivity contribution in [1.29, 1.82) is 0 Å². The van der Waals surface area contributed by atoms with Crippen LogP contribution in [0.1, 0.15) is 35.3 Å². The van der Waals surface area contributed by atoms with Crippen LogP contribution in [0.5, 0.6) is 5.75 Å². The highest BCUT2D eigenvalue weighted by Crippen LogP contribution is 2.17. The number of carboxylic acids is 1. The van der Waals surface area contributed by atoms with Crippen LogP contribution in [-0.4, -0.2) is 29.6 Å². The number of carboxylic acid groups (broad SMARTS) is 1. The summed E-state index contributed by atoms with van der Waals surface area (Å²) < 4.78 is 5.14. The molecular weight excluding hydrogens is 318 g/mol. The maximum atomic E-state index is 12.4. The highest BCUT2D eigenvalue weighted by Gasteiger charge is 2.22. The van der Waals surface area contributed by atoms with E-state index in [2.05, 4.69) is 5.32 Å². The summed E-state index contributed by atoms with van der Waals surface area (Å²) in [6.07, 6.45) is 0.692. The Balaban J connectivity index is 2.02. The van der Waals surface area contributed by atoms with Crippen LogP contribution in [0.25, 0.3) is 0 Å². The van der Waals surface area contributed by atoms with Crippen LogP contribution in [0, 0.1) is 0 Å². The number of ether oxygens (including phenoxy) is 1. The number of carbonyl (C=O) groups is 2. The molecule has 0 saturated carbocycles. The summed E-state index contributed by atoms with van der Waals surface area (Å²) in [5.74, 6) is -0.441. The van der Waals surface area contributed by atoms with Gasteiger partial charge in [0, 0.05) is 5.54 Å². The second kappa shape index (κ2) is 7.83. The summed E-state index contributed by atoms with van der Waals surface area (Å²) in [6, 6.07) is 14.3. The van der Waals surface area contributed by atoms with Crippen LogP contribution in [0.15, 0.2) is 48.5 Å². The molecule has 132 valence electrons. The molecule has 2 rings (SSSR count). The first kappa shape index (κ1) is 18.5. The lowest BCUT2D eigenvalue weighted by molar-refractivity contribution is -0.122. The first-order valence-electron chi connectivity index (χ1n) is 8.06. The molecule has 0 aromatic heterocycles. The Kier molecular flexibility index (Phi) is 5.80. The minimum Gasteiger partial charge on any atom is -0.497 e. The molecule has 0 atom stereocenters. The van der Waals surface area contributed by atoms with Crippen LogP contribution in [-0.2, 0) is 17.6 Å². The Morgan fingerprint density at radius 2 is 1.72 bits per heavy atom. The maximum Gasteiger partial charge on any atom is 0.335 e. The molecular formula is C20H23NO4. The van der Waals surface area contributed by atoms with Gasteiger partial charge >= 0.3 is 5.97 Å². The summed E-state index contributed by atoms with van der Waals surface area (Å²) >= 11 is 0. The third-order valence-electron chi connectivity index (χ3n) is 3.88. The zero-order valence-corrected chi connectivity index (χ0v) is 14.7. The maximum absolute atomic E-state index is 12.4. The first-order valence-corrected chi connectivity index (χ1v) is 8.06. The molecule has 0 radical (unpaired) electrons. The second-order valence-electron chi connectivity index (χ2n) is 6.60. The smallest absolute Gasteiger partial charge is 0.335 e. The third-order valence-corrected chi connectivity index (χ3v) is 3.88. The van der Waals surface area contributed by atoms with Crippen LogP contribution >= 0.6 is 0 Å².